The second-order valence-electron chi connectivity index (χ2n) is 6.27. The van der Waals surface area contributed by atoms with E-state index in [1.807, 2.05) is 12.1 Å². The zero-order valence-electron chi connectivity index (χ0n) is 15.5. The lowest BCUT2D eigenvalue weighted by Gasteiger charge is -2.32. The van der Waals surface area contributed by atoms with E-state index in [9.17, 15) is 4.79 Å². The number of methoxy groups -OCH3 is 2. The van der Waals surface area contributed by atoms with E-state index < -0.39 is 0 Å². The Morgan fingerprint density at radius 1 is 1.12 bits per heavy atom. The van der Waals surface area contributed by atoms with Crippen LogP contribution in [0.15, 0.2) is 24.3 Å². The standard InChI is InChI=1S/C19H29N3O3/c1-21-9-11-22(12-10-21)8-4-7-20-19(23)6-5-16-13-17(24-2)15-18(14-16)25-3/h5-6,13-15H,4,7-12H2,1-3H3,(H,20,23)/b6-5+. The second-order valence-corrected chi connectivity index (χ2v) is 6.27. The first-order valence-corrected chi connectivity index (χ1v) is 8.70. The Morgan fingerprint density at radius 3 is 2.36 bits per heavy atom. The van der Waals surface area contributed by atoms with Crippen molar-refractivity contribution in [3.63, 3.8) is 0 Å². The van der Waals surface area contributed by atoms with E-state index in [2.05, 4.69) is 22.2 Å². The predicted molar refractivity (Wildman–Crippen MR) is 100 cm³/mol. The molecule has 1 aliphatic heterocycles. The van der Waals surface area contributed by atoms with Crippen LogP contribution in [0.3, 0.4) is 0 Å². The van der Waals surface area contributed by atoms with Gasteiger partial charge in [0.25, 0.3) is 0 Å². The third kappa shape index (κ3) is 6.76. The number of likely N-dealkylation sites (N-methyl/N-ethyl adjacent to an activating group) is 1. The number of nitrogens with zero attached hydrogens (tertiary/aromatic N) is 2. The van der Waals surface area contributed by atoms with Gasteiger partial charge in [0.1, 0.15) is 11.5 Å². The number of piperazine rings is 1. The van der Waals surface area contributed by atoms with Crippen LogP contribution in [0, 0.1) is 0 Å². The van der Waals surface area contributed by atoms with Gasteiger partial charge in [0, 0.05) is 44.9 Å². The lowest BCUT2D eigenvalue weighted by atomic mass is 10.2. The van der Waals surface area contributed by atoms with Gasteiger partial charge in [0.15, 0.2) is 0 Å². The summed E-state index contributed by atoms with van der Waals surface area (Å²) >= 11 is 0. The minimum atomic E-state index is -0.0832. The average Bonchev–Trinajstić information content (AvgIpc) is 2.64. The van der Waals surface area contributed by atoms with Crippen molar-refractivity contribution in [1.29, 1.82) is 0 Å². The summed E-state index contributed by atoms with van der Waals surface area (Å²) < 4.78 is 10.5. The number of hydrogen-bond acceptors (Lipinski definition) is 5. The van der Waals surface area contributed by atoms with Gasteiger partial charge >= 0.3 is 0 Å². The SMILES string of the molecule is COc1cc(/C=C/C(=O)NCCCN2CCN(C)CC2)cc(OC)c1. The highest BCUT2D eigenvalue weighted by Gasteiger charge is 2.12. The van der Waals surface area contributed by atoms with E-state index >= 15 is 0 Å². The average molecular weight is 347 g/mol. The largest absolute Gasteiger partial charge is 0.497 e. The topological polar surface area (TPSA) is 54.0 Å². The van der Waals surface area contributed by atoms with Crippen molar-refractivity contribution in [3.8, 4) is 11.5 Å². The summed E-state index contributed by atoms with van der Waals surface area (Å²) in [6.07, 6.45) is 4.28. The maximum Gasteiger partial charge on any atom is 0.243 e. The molecule has 0 atom stereocenters. The fourth-order valence-electron chi connectivity index (χ4n) is 2.74. The lowest BCUT2D eigenvalue weighted by Crippen LogP contribution is -2.45. The highest BCUT2D eigenvalue weighted by Crippen LogP contribution is 2.23. The monoisotopic (exact) mass is 347 g/mol. The molecule has 25 heavy (non-hydrogen) atoms. The molecule has 0 spiro atoms. The third-order valence-electron chi connectivity index (χ3n) is 4.35. The summed E-state index contributed by atoms with van der Waals surface area (Å²) in [5.74, 6) is 1.32. The van der Waals surface area contributed by atoms with Gasteiger partial charge in [-0.15, -0.1) is 0 Å². The number of carbonyl (C=O) groups excluding carboxylic acids is 1. The van der Waals surface area contributed by atoms with Gasteiger partial charge in [-0.25, -0.2) is 0 Å². The van der Waals surface area contributed by atoms with Crippen molar-refractivity contribution in [2.24, 2.45) is 0 Å². The van der Waals surface area contributed by atoms with Crippen LogP contribution in [0.1, 0.15) is 12.0 Å². The van der Waals surface area contributed by atoms with Crippen molar-refractivity contribution in [3.05, 3.63) is 29.8 Å². The van der Waals surface area contributed by atoms with Crippen LogP contribution in [0.5, 0.6) is 11.5 Å². The number of rotatable bonds is 8. The number of hydrogen-bond donors (Lipinski definition) is 1. The van der Waals surface area contributed by atoms with Crippen molar-refractivity contribution in [2.45, 2.75) is 6.42 Å². The zero-order valence-corrected chi connectivity index (χ0v) is 15.5. The Bertz CT molecular complexity index is 559. The minimum Gasteiger partial charge on any atom is -0.497 e. The third-order valence-corrected chi connectivity index (χ3v) is 4.35. The van der Waals surface area contributed by atoms with Gasteiger partial charge in [0.05, 0.1) is 14.2 Å². The maximum absolute atomic E-state index is 11.9. The molecule has 0 bridgehead atoms. The zero-order chi connectivity index (χ0) is 18.1. The molecule has 1 N–H and O–H groups in total. The normalized spacial score (nSPS) is 16.1. The minimum absolute atomic E-state index is 0.0832. The molecular formula is C19H29N3O3. The molecule has 0 radical (unpaired) electrons. The summed E-state index contributed by atoms with van der Waals surface area (Å²) in [5.41, 5.74) is 0.865. The van der Waals surface area contributed by atoms with Crippen LogP contribution in [0.2, 0.25) is 0 Å². The molecule has 0 saturated carbocycles. The Morgan fingerprint density at radius 2 is 1.76 bits per heavy atom. The highest BCUT2D eigenvalue weighted by atomic mass is 16.5. The van der Waals surface area contributed by atoms with Crippen LogP contribution in [0.4, 0.5) is 0 Å². The van der Waals surface area contributed by atoms with Gasteiger partial charge in [0.2, 0.25) is 5.91 Å². The fourth-order valence-corrected chi connectivity index (χ4v) is 2.74. The van der Waals surface area contributed by atoms with Crippen molar-refractivity contribution in [2.75, 3.05) is 60.5 Å². The van der Waals surface area contributed by atoms with Crippen LogP contribution >= 0.6 is 0 Å². The van der Waals surface area contributed by atoms with E-state index in [0.29, 0.717) is 18.0 Å². The quantitative estimate of drug-likeness (QED) is 0.570. The van der Waals surface area contributed by atoms with E-state index in [1.54, 1.807) is 32.4 Å². The molecule has 1 aromatic rings. The molecule has 6 heteroatoms. The molecule has 1 heterocycles. The first kappa shape index (κ1) is 19.3. The first-order chi connectivity index (χ1) is 12.1. The molecule has 1 aliphatic rings. The molecule has 1 aromatic carbocycles. The number of carbonyl (C=O) groups is 1. The molecule has 1 fully saturated rings. The molecule has 0 unspecified atom stereocenters. The number of amides is 1. The predicted octanol–water partition coefficient (Wildman–Crippen LogP) is 1.47. The number of ether oxygens (including phenoxy) is 2. The Hall–Kier alpha value is -2.05. The van der Waals surface area contributed by atoms with E-state index in [-0.39, 0.29) is 5.91 Å². The van der Waals surface area contributed by atoms with E-state index in [4.69, 9.17) is 9.47 Å². The van der Waals surface area contributed by atoms with Crippen LogP contribution < -0.4 is 14.8 Å². The van der Waals surface area contributed by atoms with Crippen LogP contribution in [0.25, 0.3) is 6.08 Å². The molecule has 0 aliphatic carbocycles. The van der Waals surface area contributed by atoms with Gasteiger partial charge < -0.3 is 24.6 Å². The summed E-state index contributed by atoms with van der Waals surface area (Å²) in [5, 5.41) is 2.93. The summed E-state index contributed by atoms with van der Waals surface area (Å²) in [7, 11) is 5.37. The Labute approximate surface area is 150 Å². The summed E-state index contributed by atoms with van der Waals surface area (Å²) in [4.78, 5) is 16.7. The first-order valence-electron chi connectivity index (χ1n) is 8.70. The van der Waals surface area contributed by atoms with E-state index in [0.717, 1.165) is 44.7 Å². The molecular weight excluding hydrogens is 318 g/mol. The molecule has 1 saturated heterocycles. The Balaban J connectivity index is 1.72. The van der Waals surface area contributed by atoms with E-state index in [1.165, 1.54) is 0 Å². The molecule has 138 valence electrons. The summed E-state index contributed by atoms with van der Waals surface area (Å²) in [6, 6.07) is 5.52. The molecule has 2 rings (SSSR count). The van der Waals surface area contributed by atoms with Crippen LogP contribution in [-0.2, 0) is 4.79 Å². The highest BCUT2D eigenvalue weighted by molar-refractivity contribution is 5.91. The van der Waals surface area contributed by atoms with Gasteiger partial charge in [-0.2, -0.15) is 0 Å². The Kier molecular flexibility index (Phi) is 7.76. The molecule has 0 aromatic heterocycles. The van der Waals surface area contributed by atoms with Crippen molar-refractivity contribution >= 4 is 12.0 Å². The van der Waals surface area contributed by atoms with Gasteiger partial charge in [-0.1, -0.05) is 0 Å². The van der Waals surface area contributed by atoms with Crippen molar-refractivity contribution in [1.82, 2.24) is 15.1 Å². The molecule has 1 amide bonds. The smallest absolute Gasteiger partial charge is 0.243 e. The van der Waals surface area contributed by atoms with Gasteiger partial charge in [-0.05, 0) is 43.8 Å². The maximum atomic E-state index is 11.9. The fraction of sp³-hybridized carbons (Fsp3) is 0.526. The van der Waals surface area contributed by atoms with Crippen molar-refractivity contribution < 1.29 is 14.3 Å². The van der Waals surface area contributed by atoms with Gasteiger partial charge in [-0.3, -0.25) is 4.79 Å². The van der Waals surface area contributed by atoms with Crippen LogP contribution in [-0.4, -0.2) is 76.2 Å². The number of benzene rings is 1. The summed E-state index contributed by atoms with van der Waals surface area (Å²) in [6.45, 7) is 6.20. The number of nitrogens with one attached hydrogen (secondary N) is 1. The molecule has 6 nitrogen and oxygen atoms in total. The lowest BCUT2D eigenvalue weighted by molar-refractivity contribution is -0.116. The second kappa shape index (κ2) is 10.1.